The molecule has 0 aliphatic carbocycles. The number of carbonyl (C=O) groups is 2. The Labute approximate surface area is 146 Å². The summed E-state index contributed by atoms with van der Waals surface area (Å²) < 4.78 is 18.6. The first-order valence-electron chi connectivity index (χ1n) is 6.91. The van der Waals surface area contributed by atoms with E-state index in [0.717, 1.165) is 6.07 Å². The third kappa shape index (κ3) is 3.44. The van der Waals surface area contributed by atoms with Crippen LogP contribution in [-0.2, 0) is 9.59 Å². The van der Waals surface area contributed by atoms with Crippen LogP contribution in [0.25, 0.3) is 0 Å². The lowest BCUT2D eigenvalue weighted by Crippen LogP contribution is -2.43. The molecule has 124 valence electrons. The van der Waals surface area contributed by atoms with E-state index in [1.54, 1.807) is 12.1 Å². The normalized spacial score (nSPS) is 13.3. The summed E-state index contributed by atoms with van der Waals surface area (Å²) in [5.41, 5.74) is 0.535. The molecule has 1 aliphatic heterocycles. The molecule has 1 N–H and O–H groups in total. The van der Waals surface area contributed by atoms with Crippen LogP contribution in [0.1, 0.15) is 0 Å². The maximum atomic E-state index is 13.3. The van der Waals surface area contributed by atoms with E-state index in [0.29, 0.717) is 16.5 Å². The van der Waals surface area contributed by atoms with Crippen molar-refractivity contribution in [2.75, 3.05) is 23.4 Å². The molecule has 0 radical (unpaired) electrons. The monoisotopic (exact) mass is 368 g/mol. The van der Waals surface area contributed by atoms with E-state index in [-0.39, 0.29) is 29.8 Å². The molecule has 3 rings (SSSR count). The highest BCUT2D eigenvalue weighted by molar-refractivity contribution is 6.33. The Morgan fingerprint density at radius 1 is 1.25 bits per heavy atom. The molecule has 0 aromatic heterocycles. The second-order valence-corrected chi connectivity index (χ2v) is 5.90. The quantitative estimate of drug-likeness (QED) is 0.901. The lowest BCUT2D eigenvalue weighted by atomic mass is 10.2. The number of halogens is 3. The van der Waals surface area contributed by atoms with E-state index in [2.05, 4.69) is 5.32 Å². The van der Waals surface area contributed by atoms with E-state index in [9.17, 15) is 14.0 Å². The van der Waals surface area contributed by atoms with Crippen LogP contribution in [0, 0.1) is 5.82 Å². The van der Waals surface area contributed by atoms with Gasteiger partial charge in [0.15, 0.2) is 6.61 Å². The Bertz CT molecular complexity index is 829. The van der Waals surface area contributed by atoms with Crippen molar-refractivity contribution in [2.45, 2.75) is 0 Å². The van der Waals surface area contributed by atoms with Gasteiger partial charge < -0.3 is 10.1 Å². The zero-order chi connectivity index (χ0) is 17.3. The molecule has 1 aliphatic rings. The van der Waals surface area contributed by atoms with Crippen LogP contribution in [0.3, 0.4) is 0 Å². The number of fused-ring (bicyclic) bond motifs is 1. The van der Waals surface area contributed by atoms with Crippen molar-refractivity contribution in [1.82, 2.24) is 0 Å². The van der Waals surface area contributed by atoms with Crippen molar-refractivity contribution < 1.29 is 18.7 Å². The number of hydrogen-bond acceptors (Lipinski definition) is 3. The van der Waals surface area contributed by atoms with Crippen molar-refractivity contribution in [3.63, 3.8) is 0 Å². The van der Waals surface area contributed by atoms with E-state index in [1.165, 1.54) is 23.1 Å². The molecule has 0 spiro atoms. The van der Waals surface area contributed by atoms with Gasteiger partial charge in [-0.1, -0.05) is 23.2 Å². The van der Waals surface area contributed by atoms with Crippen molar-refractivity contribution in [2.24, 2.45) is 0 Å². The Morgan fingerprint density at radius 3 is 2.83 bits per heavy atom. The summed E-state index contributed by atoms with van der Waals surface area (Å²) in [5.74, 6) is -0.987. The molecule has 0 bridgehead atoms. The number of nitrogens with one attached hydrogen (secondary N) is 1. The van der Waals surface area contributed by atoms with Gasteiger partial charge in [-0.15, -0.1) is 0 Å². The summed E-state index contributed by atoms with van der Waals surface area (Å²) in [4.78, 5) is 25.6. The number of anilines is 2. The van der Waals surface area contributed by atoms with E-state index in [1.807, 2.05) is 0 Å². The van der Waals surface area contributed by atoms with Crippen molar-refractivity contribution in [3.8, 4) is 5.75 Å². The molecule has 24 heavy (non-hydrogen) atoms. The number of nitrogens with zero attached hydrogens (tertiary/aromatic N) is 1. The third-order valence-electron chi connectivity index (χ3n) is 3.37. The molecule has 2 aromatic rings. The van der Waals surface area contributed by atoms with Gasteiger partial charge in [-0.2, -0.15) is 0 Å². The van der Waals surface area contributed by atoms with Crippen LogP contribution in [-0.4, -0.2) is 25.0 Å². The van der Waals surface area contributed by atoms with Gasteiger partial charge in [-0.05, 0) is 36.4 Å². The Balaban J connectivity index is 1.80. The number of carbonyl (C=O) groups excluding carboxylic acids is 2. The van der Waals surface area contributed by atoms with Gasteiger partial charge in [0.2, 0.25) is 5.91 Å². The Morgan fingerprint density at radius 2 is 2.04 bits per heavy atom. The molecule has 1 heterocycles. The highest BCUT2D eigenvalue weighted by Gasteiger charge is 2.27. The van der Waals surface area contributed by atoms with Gasteiger partial charge in [0, 0.05) is 5.02 Å². The third-order valence-corrected chi connectivity index (χ3v) is 3.93. The van der Waals surface area contributed by atoms with E-state index < -0.39 is 11.7 Å². The van der Waals surface area contributed by atoms with Crippen LogP contribution in [0.2, 0.25) is 10.0 Å². The number of hydrogen-bond donors (Lipinski definition) is 1. The zero-order valence-electron chi connectivity index (χ0n) is 12.2. The summed E-state index contributed by atoms with van der Waals surface area (Å²) in [7, 11) is 0. The summed E-state index contributed by atoms with van der Waals surface area (Å²) >= 11 is 11.9. The fourth-order valence-electron chi connectivity index (χ4n) is 2.28. The van der Waals surface area contributed by atoms with Crippen LogP contribution < -0.4 is 15.0 Å². The second kappa shape index (κ2) is 6.67. The maximum absolute atomic E-state index is 13.3. The molecule has 0 saturated carbocycles. The first kappa shape index (κ1) is 16.5. The number of ether oxygens (including phenoxy) is 1. The molecule has 0 fully saturated rings. The van der Waals surface area contributed by atoms with Crippen LogP contribution >= 0.6 is 23.2 Å². The molecule has 2 aromatic carbocycles. The molecule has 8 heteroatoms. The smallest absolute Gasteiger partial charge is 0.265 e. The predicted octanol–water partition coefficient (Wildman–Crippen LogP) is 3.50. The van der Waals surface area contributed by atoms with Gasteiger partial charge in [0.1, 0.15) is 18.1 Å². The summed E-state index contributed by atoms with van der Waals surface area (Å²) in [6.45, 7) is -0.453. The second-order valence-electron chi connectivity index (χ2n) is 5.05. The fraction of sp³-hybridized carbons (Fsp3) is 0.125. The molecular weight excluding hydrogens is 358 g/mol. The van der Waals surface area contributed by atoms with Crippen LogP contribution in [0.15, 0.2) is 36.4 Å². The maximum Gasteiger partial charge on any atom is 0.265 e. The van der Waals surface area contributed by atoms with Gasteiger partial charge >= 0.3 is 0 Å². The molecular formula is C16H11Cl2FN2O3. The summed E-state index contributed by atoms with van der Waals surface area (Å²) in [5, 5.41) is 3.09. The topological polar surface area (TPSA) is 58.6 Å². The Hall–Kier alpha value is -2.31. The molecule has 0 atom stereocenters. The van der Waals surface area contributed by atoms with E-state index >= 15 is 0 Å². The average Bonchev–Trinajstić information content (AvgIpc) is 2.54. The van der Waals surface area contributed by atoms with Gasteiger partial charge in [0.25, 0.3) is 5.91 Å². The average molecular weight is 369 g/mol. The number of benzene rings is 2. The zero-order valence-corrected chi connectivity index (χ0v) is 13.7. The highest BCUT2D eigenvalue weighted by Crippen LogP contribution is 2.34. The van der Waals surface area contributed by atoms with E-state index in [4.69, 9.17) is 27.9 Å². The van der Waals surface area contributed by atoms with Crippen molar-refractivity contribution in [3.05, 3.63) is 52.3 Å². The predicted molar refractivity (Wildman–Crippen MR) is 89.3 cm³/mol. The first-order valence-corrected chi connectivity index (χ1v) is 7.67. The van der Waals surface area contributed by atoms with Crippen LogP contribution in [0.5, 0.6) is 5.75 Å². The lowest BCUT2D eigenvalue weighted by molar-refractivity contribution is -0.123. The highest BCUT2D eigenvalue weighted by atomic mass is 35.5. The fourth-order valence-corrected chi connectivity index (χ4v) is 2.61. The van der Waals surface area contributed by atoms with Crippen molar-refractivity contribution in [1.29, 1.82) is 0 Å². The van der Waals surface area contributed by atoms with Gasteiger partial charge in [-0.3, -0.25) is 14.5 Å². The standard InChI is InChI=1S/C16H11Cl2FN2O3/c17-9-1-4-14-13(5-9)21(16(23)8-24-14)7-15(22)20-12-6-10(19)2-3-11(12)18/h1-6H,7-8H2,(H,20,22). The largest absolute Gasteiger partial charge is 0.482 e. The minimum absolute atomic E-state index is 0.133. The number of rotatable bonds is 3. The van der Waals surface area contributed by atoms with Gasteiger partial charge in [0.05, 0.1) is 16.4 Å². The summed E-state index contributed by atoms with van der Waals surface area (Å²) in [6, 6.07) is 8.41. The summed E-state index contributed by atoms with van der Waals surface area (Å²) in [6.07, 6.45) is 0. The Kier molecular flexibility index (Phi) is 4.59. The lowest BCUT2D eigenvalue weighted by Gasteiger charge is -2.29. The SMILES string of the molecule is O=C(CN1C(=O)COc2ccc(Cl)cc21)Nc1cc(F)ccc1Cl. The number of amides is 2. The minimum Gasteiger partial charge on any atom is -0.482 e. The molecule has 0 unspecified atom stereocenters. The molecule has 2 amide bonds. The molecule has 0 saturated heterocycles. The minimum atomic E-state index is -0.533. The van der Waals surface area contributed by atoms with Crippen molar-refractivity contribution >= 4 is 46.4 Å². The molecule has 5 nitrogen and oxygen atoms in total. The van der Waals surface area contributed by atoms with Crippen LogP contribution in [0.4, 0.5) is 15.8 Å². The van der Waals surface area contributed by atoms with Gasteiger partial charge in [-0.25, -0.2) is 4.39 Å². The first-order chi connectivity index (χ1) is 11.4.